The Hall–Kier alpha value is -1.61. The summed E-state index contributed by atoms with van der Waals surface area (Å²) in [5.41, 5.74) is 1.79. The third kappa shape index (κ3) is 1.92. The Balaban J connectivity index is 2.44. The van der Waals surface area contributed by atoms with E-state index in [1.165, 1.54) is 11.3 Å². The van der Waals surface area contributed by atoms with Crippen molar-refractivity contribution in [3.8, 4) is 16.2 Å². The molecule has 76 valence electrons. The van der Waals surface area contributed by atoms with Crippen molar-refractivity contribution in [2.24, 2.45) is 0 Å². The molecule has 0 unspecified atom stereocenters. The lowest BCUT2D eigenvalue weighted by Gasteiger charge is -2.01. The fourth-order valence-electron chi connectivity index (χ4n) is 1.33. The second kappa shape index (κ2) is 3.87. The molecule has 0 aliphatic carbocycles. The van der Waals surface area contributed by atoms with E-state index in [0.29, 0.717) is 4.88 Å². The van der Waals surface area contributed by atoms with E-state index in [4.69, 9.17) is 0 Å². The Morgan fingerprint density at radius 1 is 1.27 bits per heavy atom. The second-order valence-corrected chi connectivity index (χ2v) is 4.44. The predicted octanol–water partition coefficient (Wildman–Crippen LogP) is 3.24. The summed E-state index contributed by atoms with van der Waals surface area (Å²) in [6.07, 6.45) is 0.836. The molecule has 2 rings (SSSR count). The SMILES string of the molecule is Cc1ccc(-c2ccc(C=O)s2)cc1O. The summed E-state index contributed by atoms with van der Waals surface area (Å²) >= 11 is 1.42. The van der Waals surface area contributed by atoms with Crippen LogP contribution in [-0.2, 0) is 0 Å². The van der Waals surface area contributed by atoms with Crippen LogP contribution in [0.1, 0.15) is 15.2 Å². The largest absolute Gasteiger partial charge is 0.508 e. The Morgan fingerprint density at radius 2 is 2.07 bits per heavy atom. The van der Waals surface area contributed by atoms with Crippen LogP contribution in [0.5, 0.6) is 5.75 Å². The third-order valence-electron chi connectivity index (χ3n) is 2.24. The molecule has 0 aliphatic rings. The lowest BCUT2D eigenvalue weighted by molar-refractivity contribution is 0.112. The van der Waals surface area contributed by atoms with Gasteiger partial charge in [0.25, 0.3) is 0 Å². The molecule has 1 aromatic carbocycles. The summed E-state index contributed by atoms with van der Waals surface area (Å²) < 4.78 is 0. The molecular weight excluding hydrogens is 208 g/mol. The van der Waals surface area contributed by atoms with Crippen LogP contribution in [0.3, 0.4) is 0 Å². The van der Waals surface area contributed by atoms with E-state index in [2.05, 4.69) is 0 Å². The molecule has 0 amide bonds. The summed E-state index contributed by atoms with van der Waals surface area (Å²) in [6.45, 7) is 1.85. The van der Waals surface area contributed by atoms with Gasteiger partial charge < -0.3 is 5.11 Å². The van der Waals surface area contributed by atoms with Crippen molar-refractivity contribution in [3.05, 3.63) is 40.8 Å². The molecule has 0 bridgehead atoms. The highest BCUT2D eigenvalue weighted by Crippen LogP contribution is 2.30. The maximum Gasteiger partial charge on any atom is 0.160 e. The van der Waals surface area contributed by atoms with Gasteiger partial charge in [-0.2, -0.15) is 0 Å². The fraction of sp³-hybridized carbons (Fsp3) is 0.0833. The van der Waals surface area contributed by atoms with Crippen molar-refractivity contribution in [1.82, 2.24) is 0 Å². The number of aldehydes is 1. The molecule has 0 atom stereocenters. The van der Waals surface area contributed by atoms with Crippen LogP contribution in [-0.4, -0.2) is 11.4 Å². The van der Waals surface area contributed by atoms with Gasteiger partial charge >= 0.3 is 0 Å². The fourth-order valence-corrected chi connectivity index (χ4v) is 2.15. The number of aryl methyl sites for hydroxylation is 1. The minimum Gasteiger partial charge on any atom is -0.508 e. The van der Waals surface area contributed by atoms with Crippen LogP contribution in [0.15, 0.2) is 30.3 Å². The maximum atomic E-state index is 10.5. The van der Waals surface area contributed by atoms with Crippen LogP contribution in [0, 0.1) is 6.92 Å². The van der Waals surface area contributed by atoms with E-state index >= 15 is 0 Å². The molecule has 0 fully saturated rings. The van der Waals surface area contributed by atoms with Gasteiger partial charge in [0, 0.05) is 4.88 Å². The number of carbonyl (C=O) groups excluding carboxylic acids is 1. The molecular formula is C12H10O2S. The number of thiophene rings is 1. The summed E-state index contributed by atoms with van der Waals surface area (Å²) in [4.78, 5) is 12.2. The van der Waals surface area contributed by atoms with Gasteiger partial charge in [0.1, 0.15) is 5.75 Å². The molecule has 0 aliphatic heterocycles. The molecule has 2 aromatic rings. The monoisotopic (exact) mass is 218 g/mol. The highest BCUT2D eigenvalue weighted by atomic mass is 32.1. The lowest BCUT2D eigenvalue weighted by Crippen LogP contribution is -1.76. The Kier molecular flexibility index (Phi) is 2.56. The number of benzene rings is 1. The molecule has 1 heterocycles. The Labute approximate surface area is 91.8 Å². The molecule has 15 heavy (non-hydrogen) atoms. The third-order valence-corrected chi connectivity index (χ3v) is 3.30. The standard InChI is InChI=1S/C12H10O2S/c1-8-2-3-9(6-11(8)14)12-5-4-10(7-13)15-12/h2-7,14H,1H3. The van der Waals surface area contributed by atoms with Crippen LogP contribution >= 0.6 is 11.3 Å². The average molecular weight is 218 g/mol. The topological polar surface area (TPSA) is 37.3 Å². The normalized spacial score (nSPS) is 10.2. The lowest BCUT2D eigenvalue weighted by atomic mass is 10.1. The van der Waals surface area contributed by atoms with E-state index < -0.39 is 0 Å². The summed E-state index contributed by atoms with van der Waals surface area (Å²) in [6, 6.07) is 9.19. The summed E-state index contributed by atoms with van der Waals surface area (Å²) in [5.74, 6) is 0.286. The van der Waals surface area contributed by atoms with E-state index in [1.54, 1.807) is 12.1 Å². The van der Waals surface area contributed by atoms with Gasteiger partial charge in [-0.15, -0.1) is 11.3 Å². The maximum absolute atomic E-state index is 10.5. The van der Waals surface area contributed by atoms with Crippen molar-refractivity contribution in [3.63, 3.8) is 0 Å². The van der Waals surface area contributed by atoms with Crippen molar-refractivity contribution >= 4 is 17.6 Å². The van der Waals surface area contributed by atoms with Crippen molar-refractivity contribution in [1.29, 1.82) is 0 Å². The van der Waals surface area contributed by atoms with Gasteiger partial charge in [-0.3, -0.25) is 4.79 Å². The Morgan fingerprint density at radius 3 is 2.67 bits per heavy atom. The number of hydrogen-bond donors (Lipinski definition) is 1. The van der Waals surface area contributed by atoms with Gasteiger partial charge in [0.15, 0.2) is 6.29 Å². The first kappa shape index (κ1) is 9.93. The molecule has 0 spiro atoms. The second-order valence-electron chi connectivity index (χ2n) is 3.32. The minimum atomic E-state index is 0.286. The first-order chi connectivity index (χ1) is 7.20. The molecule has 0 saturated heterocycles. The molecule has 1 N–H and O–H groups in total. The molecule has 0 radical (unpaired) electrons. The van der Waals surface area contributed by atoms with Crippen molar-refractivity contribution in [2.45, 2.75) is 6.92 Å². The van der Waals surface area contributed by atoms with Crippen LogP contribution < -0.4 is 0 Å². The van der Waals surface area contributed by atoms with E-state index in [1.807, 2.05) is 25.1 Å². The Bertz CT molecular complexity index is 500. The number of rotatable bonds is 2. The van der Waals surface area contributed by atoms with E-state index in [0.717, 1.165) is 22.3 Å². The first-order valence-electron chi connectivity index (χ1n) is 4.55. The van der Waals surface area contributed by atoms with Crippen LogP contribution in [0.4, 0.5) is 0 Å². The zero-order valence-electron chi connectivity index (χ0n) is 8.23. The number of hydrogen-bond acceptors (Lipinski definition) is 3. The van der Waals surface area contributed by atoms with Crippen LogP contribution in [0.2, 0.25) is 0 Å². The van der Waals surface area contributed by atoms with Gasteiger partial charge in [-0.1, -0.05) is 12.1 Å². The van der Waals surface area contributed by atoms with Gasteiger partial charge in [0.05, 0.1) is 4.88 Å². The number of aromatic hydroxyl groups is 1. The number of phenolic OH excluding ortho intramolecular Hbond substituents is 1. The predicted molar refractivity (Wildman–Crippen MR) is 61.5 cm³/mol. The smallest absolute Gasteiger partial charge is 0.160 e. The van der Waals surface area contributed by atoms with Gasteiger partial charge in [-0.05, 0) is 36.2 Å². The van der Waals surface area contributed by atoms with E-state index in [9.17, 15) is 9.90 Å². The average Bonchev–Trinajstić information content (AvgIpc) is 2.70. The number of phenols is 1. The summed E-state index contributed by atoms with van der Waals surface area (Å²) in [5, 5.41) is 9.56. The number of carbonyl (C=O) groups is 1. The van der Waals surface area contributed by atoms with Gasteiger partial charge in [0.2, 0.25) is 0 Å². The molecule has 1 aromatic heterocycles. The van der Waals surface area contributed by atoms with Gasteiger partial charge in [-0.25, -0.2) is 0 Å². The first-order valence-corrected chi connectivity index (χ1v) is 5.37. The summed E-state index contributed by atoms with van der Waals surface area (Å²) in [7, 11) is 0. The molecule has 0 saturated carbocycles. The minimum absolute atomic E-state index is 0.286. The molecule has 2 nitrogen and oxygen atoms in total. The van der Waals surface area contributed by atoms with Crippen molar-refractivity contribution in [2.75, 3.05) is 0 Å². The highest BCUT2D eigenvalue weighted by Gasteiger charge is 2.04. The van der Waals surface area contributed by atoms with Crippen LogP contribution in [0.25, 0.3) is 10.4 Å². The zero-order chi connectivity index (χ0) is 10.8. The van der Waals surface area contributed by atoms with Crippen molar-refractivity contribution < 1.29 is 9.90 Å². The molecule has 3 heteroatoms. The van der Waals surface area contributed by atoms with E-state index in [-0.39, 0.29) is 5.75 Å². The quantitative estimate of drug-likeness (QED) is 0.786. The zero-order valence-corrected chi connectivity index (χ0v) is 9.04. The highest BCUT2D eigenvalue weighted by molar-refractivity contribution is 7.17.